The van der Waals surface area contributed by atoms with Crippen molar-refractivity contribution in [2.45, 2.75) is 26.8 Å². The minimum atomic E-state index is 0.140. The van der Waals surface area contributed by atoms with Gasteiger partial charge in [0.25, 0.3) is 0 Å². The number of aryl methyl sites for hydroxylation is 1. The summed E-state index contributed by atoms with van der Waals surface area (Å²) >= 11 is 0. The third-order valence-electron chi connectivity index (χ3n) is 3.48. The lowest BCUT2D eigenvalue weighted by Crippen LogP contribution is -2.33. The van der Waals surface area contributed by atoms with E-state index >= 15 is 0 Å². The Morgan fingerprint density at radius 2 is 2.09 bits per heavy atom. The quantitative estimate of drug-likeness (QED) is 0.799. The average Bonchev–Trinajstić information content (AvgIpc) is 2.53. The fourth-order valence-corrected chi connectivity index (χ4v) is 2.35. The monoisotopic (exact) mass is 297 g/mol. The Morgan fingerprint density at radius 3 is 2.77 bits per heavy atom. The summed E-state index contributed by atoms with van der Waals surface area (Å²) in [6, 6.07) is 13.9. The van der Waals surface area contributed by atoms with E-state index in [0.29, 0.717) is 26.1 Å². The summed E-state index contributed by atoms with van der Waals surface area (Å²) in [6.45, 7) is 6.06. The predicted octanol–water partition coefficient (Wildman–Crippen LogP) is 2.92. The van der Waals surface area contributed by atoms with Gasteiger partial charge < -0.3 is 10.2 Å². The van der Waals surface area contributed by atoms with E-state index in [0.717, 1.165) is 16.9 Å². The van der Waals surface area contributed by atoms with Crippen LogP contribution in [0, 0.1) is 6.92 Å². The maximum atomic E-state index is 12.4. The molecule has 0 spiro atoms. The van der Waals surface area contributed by atoms with Crippen molar-refractivity contribution in [3.8, 4) is 0 Å². The highest BCUT2D eigenvalue weighted by atomic mass is 16.2. The Morgan fingerprint density at radius 1 is 1.23 bits per heavy atom. The highest BCUT2D eigenvalue weighted by molar-refractivity contribution is 5.93. The molecule has 0 radical (unpaired) electrons. The van der Waals surface area contributed by atoms with Crippen LogP contribution in [-0.2, 0) is 11.3 Å². The van der Waals surface area contributed by atoms with Crippen molar-refractivity contribution in [1.82, 2.24) is 10.3 Å². The molecule has 0 bridgehead atoms. The van der Waals surface area contributed by atoms with Crippen LogP contribution in [0.5, 0.6) is 0 Å². The molecule has 1 heterocycles. The number of pyridine rings is 1. The van der Waals surface area contributed by atoms with Crippen molar-refractivity contribution in [1.29, 1.82) is 0 Å². The van der Waals surface area contributed by atoms with Gasteiger partial charge in [0.05, 0.1) is 5.69 Å². The van der Waals surface area contributed by atoms with Crippen LogP contribution < -0.4 is 10.2 Å². The van der Waals surface area contributed by atoms with Crippen molar-refractivity contribution in [3.05, 3.63) is 59.9 Å². The van der Waals surface area contributed by atoms with Crippen LogP contribution in [0.4, 0.5) is 5.69 Å². The second kappa shape index (κ2) is 8.29. The number of benzene rings is 1. The maximum absolute atomic E-state index is 12.4. The maximum Gasteiger partial charge on any atom is 0.228 e. The molecule has 0 aliphatic rings. The highest BCUT2D eigenvalue weighted by Gasteiger charge is 2.13. The lowest BCUT2D eigenvalue weighted by Gasteiger charge is -2.21. The van der Waals surface area contributed by atoms with Crippen LogP contribution in [0.1, 0.15) is 24.6 Å². The van der Waals surface area contributed by atoms with Crippen molar-refractivity contribution in [2.75, 3.05) is 18.0 Å². The second-order valence-electron chi connectivity index (χ2n) is 5.22. The van der Waals surface area contributed by atoms with Gasteiger partial charge in [-0.1, -0.05) is 18.2 Å². The molecule has 0 saturated carbocycles. The first-order valence-electron chi connectivity index (χ1n) is 7.68. The molecular weight excluding hydrogens is 274 g/mol. The van der Waals surface area contributed by atoms with Gasteiger partial charge in [0.15, 0.2) is 0 Å². The molecule has 1 N–H and O–H groups in total. The molecule has 0 atom stereocenters. The number of hydrogen-bond acceptors (Lipinski definition) is 3. The Kier molecular flexibility index (Phi) is 6.10. The zero-order chi connectivity index (χ0) is 15.8. The number of aromatic nitrogens is 1. The number of carbonyl (C=O) groups excluding carboxylic acids is 1. The van der Waals surface area contributed by atoms with Gasteiger partial charge in [-0.3, -0.25) is 9.78 Å². The van der Waals surface area contributed by atoms with E-state index in [-0.39, 0.29) is 5.91 Å². The summed E-state index contributed by atoms with van der Waals surface area (Å²) in [5, 5.41) is 3.26. The standard InChI is InChI=1S/C18H23N3O/c1-3-21(17-9-6-7-15(2)13-17)18(22)10-12-19-14-16-8-4-5-11-20-16/h4-9,11,13,19H,3,10,12,14H2,1-2H3. The summed E-state index contributed by atoms with van der Waals surface area (Å²) in [6.07, 6.45) is 2.26. The molecule has 2 aromatic rings. The van der Waals surface area contributed by atoms with Crippen LogP contribution in [0.25, 0.3) is 0 Å². The minimum absolute atomic E-state index is 0.140. The molecule has 4 nitrogen and oxygen atoms in total. The number of rotatable bonds is 7. The number of carbonyl (C=O) groups is 1. The van der Waals surface area contributed by atoms with Crippen molar-refractivity contribution < 1.29 is 4.79 Å². The van der Waals surface area contributed by atoms with Crippen LogP contribution in [0.2, 0.25) is 0 Å². The van der Waals surface area contributed by atoms with E-state index in [1.807, 2.05) is 61.2 Å². The van der Waals surface area contributed by atoms with Gasteiger partial charge in [0, 0.05) is 37.9 Å². The third-order valence-corrected chi connectivity index (χ3v) is 3.48. The predicted molar refractivity (Wildman–Crippen MR) is 89.8 cm³/mol. The molecule has 116 valence electrons. The zero-order valence-electron chi connectivity index (χ0n) is 13.2. The molecule has 0 aliphatic carbocycles. The summed E-state index contributed by atoms with van der Waals surface area (Å²) < 4.78 is 0. The Balaban J connectivity index is 1.82. The first-order valence-corrected chi connectivity index (χ1v) is 7.68. The van der Waals surface area contributed by atoms with E-state index in [1.54, 1.807) is 6.20 Å². The zero-order valence-corrected chi connectivity index (χ0v) is 13.2. The number of hydrogen-bond donors (Lipinski definition) is 1. The molecule has 22 heavy (non-hydrogen) atoms. The van der Waals surface area contributed by atoms with Gasteiger partial charge in [-0.05, 0) is 43.7 Å². The summed E-state index contributed by atoms with van der Waals surface area (Å²) in [5.74, 6) is 0.140. The first kappa shape index (κ1) is 16.2. The van der Waals surface area contributed by atoms with Gasteiger partial charge in [0.1, 0.15) is 0 Å². The molecule has 0 saturated heterocycles. The molecule has 0 unspecified atom stereocenters. The SMILES string of the molecule is CCN(C(=O)CCNCc1ccccn1)c1cccc(C)c1. The number of amides is 1. The van der Waals surface area contributed by atoms with E-state index in [9.17, 15) is 4.79 Å². The van der Waals surface area contributed by atoms with Crippen molar-refractivity contribution >= 4 is 11.6 Å². The van der Waals surface area contributed by atoms with Crippen LogP contribution in [0.15, 0.2) is 48.7 Å². The molecule has 4 heteroatoms. The first-order chi connectivity index (χ1) is 10.7. The van der Waals surface area contributed by atoms with Gasteiger partial charge >= 0.3 is 0 Å². The van der Waals surface area contributed by atoms with Crippen molar-refractivity contribution in [2.24, 2.45) is 0 Å². The second-order valence-corrected chi connectivity index (χ2v) is 5.22. The Labute approximate surface area is 132 Å². The summed E-state index contributed by atoms with van der Waals surface area (Å²) in [5.41, 5.74) is 3.12. The fourth-order valence-electron chi connectivity index (χ4n) is 2.35. The van der Waals surface area contributed by atoms with E-state index < -0.39 is 0 Å². The number of nitrogens with zero attached hydrogens (tertiary/aromatic N) is 2. The summed E-state index contributed by atoms with van der Waals surface area (Å²) in [4.78, 5) is 18.4. The van der Waals surface area contributed by atoms with Crippen LogP contribution in [0.3, 0.4) is 0 Å². The van der Waals surface area contributed by atoms with E-state index in [2.05, 4.69) is 10.3 Å². The number of nitrogens with one attached hydrogen (secondary N) is 1. The summed E-state index contributed by atoms with van der Waals surface area (Å²) in [7, 11) is 0. The van der Waals surface area contributed by atoms with Gasteiger partial charge in [-0.2, -0.15) is 0 Å². The molecule has 0 fully saturated rings. The Hall–Kier alpha value is -2.20. The normalized spacial score (nSPS) is 10.5. The molecule has 1 aromatic heterocycles. The lowest BCUT2D eigenvalue weighted by atomic mass is 10.2. The minimum Gasteiger partial charge on any atom is -0.313 e. The molecule has 1 aromatic carbocycles. The highest BCUT2D eigenvalue weighted by Crippen LogP contribution is 2.16. The third kappa shape index (κ3) is 4.67. The topological polar surface area (TPSA) is 45.2 Å². The van der Waals surface area contributed by atoms with Crippen molar-refractivity contribution in [3.63, 3.8) is 0 Å². The lowest BCUT2D eigenvalue weighted by molar-refractivity contribution is -0.118. The molecule has 0 aliphatic heterocycles. The van der Waals surface area contributed by atoms with Gasteiger partial charge in [0.2, 0.25) is 5.91 Å². The number of anilines is 1. The smallest absolute Gasteiger partial charge is 0.228 e. The van der Waals surface area contributed by atoms with Gasteiger partial charge in [-0.15, -0.1) is 0 Å². The van der Waals surface area contributed by atoms with E-state index in [1.165, 1.54) is 0 Å². The Bertz CT molecular complexity index is 598. The molecule has 2 rings (SSSR count). The average molecular weight is 297 g/mol. The largest absolute Gasteiger partial charge is 0.313 e. The van der Waals surface area contributed by atoms with E-state index in [4.69, 9.17) is 0 Å². The fraction of sp³-hybridized carbons (Fsp3) is 0.333. The molecular formula is C18H23N3O. The molecule has 1 amide bonds. The van der Waals surface area contributed by atoms with Gasteiger partial charge in [-0.25, -0.2) is 0 Å². The van der Waals surface area contributed by atoms with Crippen LogP contribution >= 0.6 is 0 Å². The van der Waals surface area contributed by atoms with Crippen LogP contribution in [-0.4, -0.2) is 24.0 Å².